The van der Waals surface area contributed by atoms with Gasteiger partial charge in [0.1, 0.15) is 6.54 Å². The molecule has 160 valence electrons. The molecule has 1 N–H and O–H groups in total. The van der Waals surface area contributed by atoms with Gasteiger partial charge in [-0.1, -0.05) is 64.2 Å². The first kappa shape index (κ1) is 20.9. The summed E-state index contributed by atoms with van der Waals surface area (Å²) in [6.07, 6.45) is 24.1. The van der Waals surface area contributed by atoms with E-state index < -0.39 is 0 Å². The van der Waals surface area contributed by atoms with E-state index in [9.17, 15) is 4.79 Å². The summed E-state index contributed by atoms with van der Waals surface area (Å²) in [4.78, 5) is 14.5. The molecule has 0 aromatic carbocycles. The van der Waals surface area contributed by atoms with E-state index in [2.05, 4.69) is 0 Å². The SMILES string of the molecule is O=C(C[NH+]1CCC(CC2CCCCC2)CC1)C1CCC(C2CCCCC2)CC1. The molecule has 0 unspecified atom stereocenters. The van der Waals surface area contributed by atoms with Crippen LogP contribution < -0.4 is 4.90 Å². The van der Waals surface area contributed by atoms with Gasteiger partial charge in [0.15, 0.2) is 5.78 Å². The first-order valence-corrected chi connectivity index (χ1v) is 13.1. The van der Waals surface area contributed by atoms with Gasteiger partial charge in [0.25, 0.3) is 0 Å². The van der Waals surface area contributed by atoms with Crippen LogP contribution in [0.4, 0.5) is 0 Å². The Morgan fingerprint density at radius 3 is 1.79 bits per heavy atom. The Bertz CT molecular complexity index is 461. The predicted molar refractivity (Wildman–Crippen MR) is 117 cm³/mol. The zero-order chi connectivity index (χ0) is 19.2. The van der Waals surface area contributed by atoms with E-state index in [4.69, 9.17) is 0 Å². The average Bonchev–Trinajstić information content (AvgIpc) is 2.76. The number of carbonyl (C=O) groups excluding carboxylic acids is 1. The molecule has 3 saturated carbocycles. The number of Topliss-reactive ketones (excluding diaryl/α,β-unsaturated/α-hetero) is 1. The Balaban J connectivity index is 1.13. The summed E-state index contributed by atoms with van der Waals surface area (Å²) in [6.45, 7) is 3.37. The van der Waals surface area contributed by atoms with Crippen molar-refractivity contribution < 1.29 is 9.69 Å². The fourth-order valence-electron chi connectivity index (χ4n) is 7.30. The molecule has 2 heteroatoms. The van der Waals surface area contributed by atoms with Gasteiger partial charge in [0, 0.05) is 5.92 Å². The monoisotopic (exact) mass is 388 g/mol. The van der Waals surface area contributed by atoms with E-state index in [1.165, 1.54) is 122 Å². The lowest BCUT2D eigenvalue weighted by Gasteiger charge is -2.36. The van der Waals surface area contributed by atoms with Crippen molar-refractivity contribution in [2.24, 2.45) is 29.6 Å². The summed E-state index contributed by atoms with van der Waals surface area (Å²) in [5.74, 6) is 4.97. The van der Waals surface area contributed by atoms with Crippen LogP contribution in [-0.4, -0.2) is 25.4 Å². The first-order chi connectivity index (χ1) is 13.8. The van der Waals surface area contributed by atoms with Gasteiger partial charge in [-0.2, -0.15) is 0 Å². The van der Waals surface area contributed by atoms with Crippen LogP contribution in [0.3, 0.4) is 0 Å². The number of carbonyl (C=O) groups is 1. The minimum absolute atomic E-state index is 0.410. The lowest BCUT2D eigenvalue weighted by atomic mass is 9.70. The Kier molecular flexibility index (Phi) is 7.90. The predicted octanol–water partition coefficient (Wildman–Crippen LogP) is 5.21. The Hall–Kier alpha value is -0.370. The van der Waals surface area contributed by atoms with Crippen LogP contribution in [0, 0.1) is 29.6 Å². The van der Waals surface area contributed by atoms with Crippen molar-refractivity contribution >= 4 is 5.78 Å². The number of hydrogen-bond donors (Lipinski definition) is 1. The van der Waals surface area contributed by atoms with Crippen LogP contribution in [0.2, 0.25) is 0 Å². The van der Waals surface area contributed by atoms with Gasteiger partial charge in [0.2, 0.25) is 0 Å². The molecule has 4 rings (SSSR count). The highest BCUT2D eigenvalue weighted by Gasteiger charge is 2.33. The maximum atomic E-state index is 12.9. The van der Waals surface area contributed by atoms with Crippen molar-refractivity contribution in [1.29, 1.82) is 0 Å². The topological polar surface area (TPSA) is 21.5 Å². The molecule has 1 saturated heterocycles. The van der Waals surface area contributed by atoms with Crippen molar-refractivity contribution in [2.45, 2.75) is 109 Å². The molecule has 0 bridgehead atoms. The third-order valence-corrected chi connectivity index (χ3v) is 9.17. The quantitative estimate of drug-likeness (QED) is 0.663. The van der Waals surface area contributed by atoms with Crippen LogP contribution >= 0.6 is 0 Å². The maximum Gasteiger partial charge on any atom is 0.189 e. The summed E-state index contributed by atoms with van der Waals surface area (Å²) in [6, 6.07) is 0. The highest BCUT2D eigenvalue weighted by atomic mass is 16.1. The summed E-state index contributed by atoms with van der Waals surface area (Å²) in [5, 5.41) is 0. The second-order valence-electron chi connectivity index (χ2n) is 11.1. The molecule has 0 radical (unpaired) electrons. The number of nitrogens with one attached hydrogen (secondary N) is 1. The standard InChI is InChI=1S/C26H45NO/c28-26(25-13-11-24(12-14-25)23-9-5-2-6-10-23)20-27-17-15-22(16-18-27)19-21-7-3-1-4-8-21/h21-25H,1-20H2/p+1. The van der Waals surface area contributed by atoms with Crippen LogP contribution in [0.1, 0.15) is 109 Å². The number of quaternary nitrogens is 1. The molecule has 0 aromatic heterocycles. The Labute approximate surface area is 174 Å². The van der Waals surface area contributed by atoms with Crippen LogP contribution in [0.5, 0.6) is 0 Å². The van der Waals surface area contributed by atoms with Gasteiger partial charge in [-0.25, -0.2) is 0 Å². The number of likely N-dealkylation sites (tertiary alicyclic amines) is 1. The summed E-state index contributed by atoms with van der Waals surface area (Å²) in [5.41, 5.74) is 0. The van der Waals surface area contributed by atoms with Gasteiger partial charge in [-0.05, 0) is 68.6 Å². The maximum absolute atomic E-state index is 12.9. The summed E-state index contributed by atoms with van der Waals surface area (Å²) < 4.78 is 0. The summed E-state index contributed by atoms with van der Waals surface area (Å²) >= 11 is 0. The number of rotatable bonds is 6. The zero-order valence-corrected chi connectivity index (χ0v) is 18.4. The minimum atomic E-state index is 0.410. The van der Waals surface area contributed by atoms with E-state index >= 15 is 0 Å². The molecule has 28 heavy (non-hydrogen) atoms. The molecule has 1 aliphatic heterocycles. The zero-order valence-electron chi connectivity index (χ0n) is 18.4. The first-order valence-electron chi connectivity index (χ1n) is 13.1. The highest BCUT2D eigenvalue weighted by molar-refractivity contribution is 5.81. The molecule has 0 amide bonds. The van der Waals surface area contributed by atoms with Crippen molar-refractivity contribution in [3.8, 4) is 0 Å². The fourth-order valence-corrected chi connectivity index (χ4v) is 7.30. The third kappa shape index (κ3) is 5.83. The normalized spacial score (nSPS) is 36.3. The smallest absolute Gasteiger partial charge is 0.189 e. The van der Waals surface area contributed by atoms with Gasteiger partial charge < -0.3 is 4.90 Å². The fraction of sp³-hybridized carbons (Fsp3) is 0.962. The highest BCUT2D eigenvalue weighted by Crippen LogP contribution is 2.40. The molecule has 0 atom stereocenters. The van der Waals surface area contributed by atoms with Crippen molar-refractivity contribution in [1.82, 2.24) is 0 Å². The Morgan fingerprint density at radius 2 is 1.14 bits per heavy atom. The van der Waals surface area contributed by atoms with E-state index in [0.29, 0.717) is 11.7 Å². The molecular weight excluding hydrogens is 342 g/mol. The second-order valence-corrected chi connectivity index (χ2v) is 11.1. The van der Waals surface area contributed by atoms with Crippen molar-refractivity contribution in [3.63, 3.8) is 0 Å². The minimum Gasteiger partial charge on any atom is -0.329 e. The van der Waals surface area contributed by atoms with Crippen molar-refractivity contribution in [3.05, 3.63) is 0 Å². The van der Waals surface area contributed by atoms with Gasteiger partial charge >= 0.3 is 0 Å². The number of piperidine rings is 1. The van der Waals surface area contributed by atoms with Crippen LogP contribution in [-0.2, 0) is 4.79 Å². The van der Waals surface area contributed by atoms with E-state index in [0.717, 1.165) is 30.2 Å². The Morgan fingerprint density at radius 1 is 0.607 bits per heavy atom. The molecule has 0 spiro atoms. The molecular formula is C26H46NO+. The van der Waals surface area contributed by atoms with Gasteiger partial charge in [0.05, 0.1) is 13.1 Å². The van der Waals surface area contributed by atoms with Crippen molar-refractivity contribution in [2.75, 3.05) is 19.6 Å². The number of ketones is 1. The molecule has 2 nitrogen and oxygen atoms in total. The second kappa shape index (κ2) is 10.6. The molecule has 3 aliphatic carbocycles. The molecule has 4 aliphatic rings. The van der Waals surface area contributed by atoms with Gasteiger partial charge in [-0.15, -0.1) is 0 Å². The number of hydrogen-bond acceptors (Lipinski definition) is 1. The van der Waals surface area contributed by atoms with E-state index in [1.54, 1.807) is 4.90 Å². The average molecular weight is 389 g/mol. The largest absolute Gasteiger partial charge is 0.329 e. The van der Waals surface area contributed by atoms with E-state index in [1.807, 2.05) is 0 Å². The molecule has 4 fully saturated rings. The van der Waals surface area contributed by atoms with Crippen LogP contribution in [0.25, 0.3) is 0 Å². The van der Waals surface area contributed by atoms with Gasteiger partial charge in [-0.3, -0.25) is 4.79 Å². The molecule has 1 heterocycles. The third-order valence-electron chi connectivity index (χ3n) is 9.17. The van der Waals surface area contributed by atoms with Crippen LogP contribution in [0.15, 0.2) is 0 Å². The molecule has 0 aromatic rings. The summed E-state index contributed by atoms with van der Waals surface area (Å²) in [7, 11) is 0. The lowest BCUT2D eigenvalue weighted by Crippen LogP contribution is -3.14. The van der Waals surface area contributed by atoms with E-state index in [-0.39, 0.29) is 0 Å². The lowest BCUT2D eigenvalue weighted by molar-refractivity contribution is -0.898.